The molecule has 1 aliphatic carbocycles. The van der Waals surface area contributed by atoms with Crippen molar-refractivity contribution in [1.82, 2.24) is 20.2 Å². The lowest BCUT2D eigenvalue weighted by atomic mass is 9.97. The average molecular weight is 331 g/mol. The van der Waals surface area contributed by atoms with Crippen molar-refractivity contribution >= 4 is 11.9 Å². The third-order valence-electron chi connectivity index (χ3n) is 4.10. The van der Waals surface area contributed by atoms with Gasteiger partial charge in [0.1, 0.15) is 0 Å². The molecule has 0 saturated heterocycles. The van der Waals surface area contributed by atoms with Crippen LogP contribution >= 0.6 is 0 Å². The Hall–Kier alpha value is -1.95. The van der Waals surface area contributed by atoms with Gasteiger partial charge in [-0.15, -0.1) is 0 Å². The predicted molar refractivity (Wildman–Crippen MR) is 97.2 cm³/mol. The van der Waals surface area contributed by atoms with Gasteiger partial charge in [-0.1, -0.05) is 11.6 Å². The van der Waals surface area contributed by atoms with Gasteiger partial charge in [0, 0.05) is 25.5 Å². The van der Waals surface area contributed by atoms with E-state index in [9.17, 15) is 4.79 Å². The number of nitrogens with one attached hydrogen (secondary N) is 2. The summed E-state index contributed by atoms with van der Waals surface area (Å²) in [5, 5.41) is 6.11. The zero-order chi connectivity index (χ0) is 17.2. The SMILES string of the molecule is CN(C)CCCNC(=O)c1cnc(NCCC2=CCCCC2)nc1. The third kappa shape index (κ3) is 6.66. The molecule has 1 aliphatic rings. The summed E-state index contributed by atoms with van der Waals surface area (Å²) in [7, 11) is 4.04. The van der Waals surface area contributed by atoms with Crippen LogP contribution in [0.4, 0.5) is 5.95 Å². The molecule has 1 amide bonds. The van der Waals surface area contributed by atoms with E-state index in [-0.39, 0.29) is 5.91 Å². The van der Waals surface area contributed by atoms with Crippen LogP contribution in [0.15, 0.2) is 24.0 Å². The number of nitrogens with zero attached hydrogens (tertiary/aromatic N) is 3. The molecule has 24 heavy (non-hydrogen) atoms. The normalized spacial score (nSPS) is 14.4. The summed E-state index contributed by atoms with van der Waals surface area (Å²) in [6, 6.07) is 0. The van der Waals surface area contributed by atoms with Crippen molar-refractivity contribution in [2.75, 3.05) is 39.0 Å². The van der Waals surface area contributed by atoms with E-state index in [4.69, 9.17) is 0 Å². The molecule has 1 aromatic heterocycles. The fourth-order valence-corrected chi connectivity index (χ4v) is 2.70. The van der Waals surface area contributed by atoms with Gasteiger partial charge in [-0.05, 0) is 59.2 Å². The summed E-state index contributed by atoms with van der Waals surface area (Å²) >= 11 is 0. The molecule has 0 fully saturated rings. The van der Waals surface area contributed by atoms with Crippen LogP contribution < -0.4 is 10.6 Å². The Labute approximate surface area is 144 Å². The Balaban J connectivity index is 1.69. The Bertz CT molecular complexity index is 539. The molecular formula is C18H29N5O. The second-order valence-corrected chi connectivity index (χ2v) is 6.49. The van der Waals surface area contributed by atoms with Gasteiger partial charge in [0.05, 0.1) is 5.56 Å². The molecule has 6 heteroatoms. The molecule has 2 rings (SSSR count). The zero-order valence-corrected chi connectivity index (χ0v) is 14.8. The first-order chi connectivity index (χ1) is 11.6. The van der Waals surface area contributed by atoms with Gasteiger partial charge in [-0.3, -0.25) is 4.79 Å². The monoisotopic (exact) mass is 331 g/mol. The number of carbonyl (C=O) groups is 1. The van der Waals surface area contributed by atoms with Crippen LogP contribution in [0.25, 0.3) is 0 Å². The highest BCUT2D eigenvalue weighted by Crippen LogP contribution is 2.19. The highest BCUT2D eigenvalue weighted by Gasteiger charge is 2.07. The van der Waals surface area contributed by atoms with E-state index in [1.54, 1.807) is 12.4 Å². The maximum atomic E-state index is 12.0. The van der Waals surface area contributed by atoms with Gasteiger partial charge in [-0.25, -0.2) is 9.97 Å². The summed E-state index contributed by atoms with van der Waals surface area (Å²) in [5.41, 5.74) is 2.03. The molecule has 0 bridgehead atoms. The van der Waals surface area contributed by atoms with E-state index in [0.29, 0.717) is 18.1 Å². The largest absolute Gasteiger partial charge is 0.354 e. The summed E-state index contributed by atoms with van der Waals surface area (Å²) < 4.78 is 0. The molecule has 2 N–H and O–H groups in total. The lowest BCUT2D eigenvalue weighted by Crippen LogP contribution is -2.27. The number of anilines is 1. The highest BCUT2D eigenvalue weighted by molar-refractivity contribution is 5.93. The Morgan fingerprint density at radius 1 is 1.21 bits per heavy atom. The fourth-order valence-electron chi connectivity index (χ4n) is 2.70. The van der Waals surface area contributed by atoms with E-state index in [1.165, 1.54) is 31.3 Å². The highest BCUT2D eigenvalue weighted by atomic mass is 16.1. The Morgan fingerprint density at radius 3 is 2.67 bits per heavy atom. The van der Waals surface area contributed by atoms with E-state index < -0.39 is 0 Å². The van der Waals surface area contributed by atoms with E-state index in [2.05, 4.69) is 31.6 Å². The second-order valence-electron chi connectivity index (χ2n) is 6.49. The third-order valence-corrected chi connectivity index (χ3v) is 4.10. The van der Waals surface area contributed by atoms with Crippen LogP contribution in [0.2, 0.25) is 0 Å². The summed E-state index contributed by atoms with van der Waals surface area (Å²) in [4.78, 5) is 22.5. The quantitative estimate of drug-likeness (QED) is 0.537. The van der Waals surface area contributed by atoms with Crippen molar-refractivity contribution in [3.63, 3.8) is 0 Å². The molecule has 0 spiro atoms. The van der Waals surface area contributed by atoms with Crippen molar-refractivity contribution in [2.45, 2.75) is 38.5 Å². The van der Waals surface area contributed by atoms with Crippen LogP contribution in [-0.2, 0) is 0 Å². The number of amides is 1. The van der Waals surface area contributed by atoms with Gasteiger partial charge in [-0.2, -0.15) is 0 Å². The van der Waals surface area contributed by atoms with Crippen LogP contribution in [0, 0.1) is 0 Å². The van der Waals surface area contributed by atoms with Crippen molar-refractivity contribution in [1.29, 1.82) is 0 Å². The molecule has 132 valence electrons. The van der Waals surface area contributed by atoms with Crippen LogP contribution in [0.1, 0.15) is 48.9 Å². The minimum absolute atomic E-state index is 0.118. The van der Waals surface area contributed by atoms with Crippen LogP contribution in [0.3, 0.4) is 0 Å². The predicted octanol–water partition coefficient (Wildman–Crippen LogP) is 2.46. The summed E-state index contributed by atoms with van der Waals surface area (Å²) in [6.45, 7) is 2.45. The minimum atomic E-state index is -0.118. The van der Waals surface area contributed by atoms with E-state index in [0.717, 1.165) is 25.9 Å². The lowest BCUT2D eigenvalue weighted by Gasteiger charge is -2.13. The summed E-state index contributed by atoms with van der Waals surface area (Å²) in [6.07, 6.45) is 12.5. The first kappa shape index (κ1) is 18.4. The lowest BCUT2D eigenvalue weighted by molar-refractivity contribution is 0.0951. The molecule has 0 aromatic carbocycles. The van der Waals surface area contributed by atoms with Crippen LogP contribution in [-0.4, -0.2) is 54.5 Å². The first-order valence-corrected chi connectivity index (χ1v) is 8.82. The molecule has 0 unspecified atom stereocenters. The fraction of sp³-hybridized carbons (Fsp3) is 0.611. The number of hydrogen-bond acceptors (Lipinski definition) is 5. The smallest absolute Gasteiger partial charge is 0.254 e. The summed E-state index contributed by atoms with van der Waals surface area (Å²) in [5.74, 6) is 0.461. The molecule has 0 radical (unpaired) electrons. The second kappa shape index (κ2) is 10.0. The average Bonchev–Trinajstić information content (AvgIpc) is 2.60. The molecule has 1 heterocycles. The maximum absolute atomic E-state index is 12.0. The minimum Gasteiger partial charge on any atom is -0.354 e. The molecule has 0 aliphatic heterocycles. The standard InChI is InChI=1S/C18H29N5O/c1-23(2)12-6-10-19-17(24)16-13-21-18(22-14-16)20-11-9-15-7-4-3-5-8-15/h7,13-14H,3-6,8-12H2,1-2H3,(H,19,24)(H,20,21,22). The molecule has 6 nitrogen and oxygen atoms in total. The maximum Gasteiger partial charge on any atom is 0.254 e. The number of allylic oxidation sites excluding steroid dienone is 1. The molecule has 0 atom stereocenters. The molecule has 0 saturated carbocycles. The van der Waals surface area contributed by atoms with Gasteiger partial charge in [0.25, 0.3) is 5.91 Å². The number of aromatic nitrogens is 2. The Kier molecular flexibility index (Phi) is 7.68. The topological polar surface area (TPSA) is 70.2 Å². The molecule has 1 aromatic rings. The van der Waals surface area contributed by atoms with Gasteiger partial charge in [0.2, 0.25) is 5.95 Å². The number of hydrogen-bond donors (Lipinski definition) is 2. The number of carbonyl (C=O) groups excluding carboxylic acids is 1. The van der Waals surface area contributed by atoms with Gasteiger partial charge < -0.3 is 15.5 Å². The van der Waals surface area contributed by atoms with Crippen molar-refractivity contribution in [2.24, 2.45) is 0 Å². The first-order valence-electron chi connectivity index (χ1n) is 8.82. The van der Waals surface area contributed by atoms with E-state index >= 15 is 0 Å². The van der Waals surface area contributed by atoms with Crippen molar-refractivity contribution in [3.05, 3.63) is 29.6 Å². The van der Waals surface area contributed by atoms with Crippen LogP contribution in [0.5, 0.6) is 0 Å². The number of rotatable bonds is 9. The van der Waals surface area contributed by atoms with Crippen molar-refractivity contribution in [3.8, 4) is 0 Å². The Morgan fingerprint density at radius 2 is 2.00 bits per heavy atom. The van der Waals surface area contributed by atoms with Gasteiger partial charge >= 0.3 is 0 Å². The van der Waals surface area contributed by atoms with Crippen molar-refractivity contribution < 1.29 is 4.79 Å². The van der Waals surface area contributed by atoms with E-state index in [1.807, 2.05) is 14.1 Å². The molecular weight excluding hydrogens is 302 g/mol. The zero-order valence-electron chi connectivity index (χ0n) is 14.8. The van der Waals surface area contributed by atoms with Gasteiger partial charge in [0.15, 0.2) is 0 Å².